The van der Waals surface area contributed by atoms with Crippen LogP contribution in [0.1, 0.15) is 5.69 Å². The molecule has 1 radical (unpaired) electrons. The number of hydrogen-bond donors (Lipinski definition) is 0. The Bertz CT molecular complexity index is 147. The van der Waals surface area contributed by atoms with Crippen molar-refractivity contribution in [1.82, 2.24) is 4.37 Å². The predicted octanol–water partition coefficient (Wildman–Crippen LogP) is 0.601. The van der Waals surface area contributed by atoms with Crippen molar-refractivity contribution in [3.05, 3.63) is 17.1 Å². The van der Waals surface area contributed by atoms with Gasteiger partial charge in [0.15, 0.2) is 0 Å². The minimum atomic E-state index is 0.394. The Morgan fingerprint density at radius 3 is 3.00 bits per heavy atom. The van der Waals surface area contributed by atoms with Crippen molar-refractivity contribution in [3.8, 4) is 0 Å². The molecule has 0 aliphatic rings. The molecule has 3 heteroatoms. The van der Waals surface area contributed by atoms with Gasteiger partial charge in [-0.2, -0.15) is 4.37 Å². The van der Waals surface area contributed by atoms with Gasteiger partial charge in [0, 0.05) is 5.38 Å². The predicted molar refractivity (Wildman–Crippen MR) is 26.9 cm³/mol. The highest BCUT2D eigenvalue weighted by atomic mass is 32.1. The van der Waals surface area contributed by atoms with Crippen LogP contribution in [0.2, 0.25) is 0 Å². The van der Waals surface area contributed by atoms with Gasteiger partial charge in [-0.1, -0.05) is 0 Å². The van der Waals surface area contributed by atoms with E-state index >= 15 is 0 Å². The second kappa shape index (κ2) is 1.84. The molecule has 0 amide bonds. The van der Waals surface area contributed by atoms with Crippen LogP contribution in [0.3, 0.4) is 0 Å². The second-order valence-electron chi connectivity index (χ2n) is 0.987. The third-order valence-corrected chi connectivity index (χ3v) is 1.10. The molecule has 0 saturated heterocycles. The highest BCUT2D eigenvalue weighted by Crippen LogP contribution is 1.93. The maximum atomic E-state index is 9.69. The number of hydrogen-bond acceptors (Lipinski definition) is 3. The summed E-state index contributed by atoms with van der Waals surface area (Å²) in [6.45, 7) is 0. The topological polar surface area (TPSA) is 30.0 Å². The molecular formula is C4H2NOS. The molecule has 0 aliphatic heterocycles. The fourth-order valence-corrected chi connectivity index (χ4v) is 0.727. The molecule has 0 bridgehead atoms. The molecule has 0 aliphatic carbocycles. The van der Waals surface area contributed by atoms with E-state index in [1.165, 1.54) is 11.5 Å². The zero-order valence-corrected chi connectivity index (χ0v) is 4.23. The lowest BCUT2D eigenvalue weighted by molar-refractivity contribution is 0.562. The summed E-state index contributed by atoms with van der Waals surface area (Å²) < 4.78 is 3.65. The molecule has 0 fully saturated rings. The number of nitrogens with zero attached hydrogens (tertiary/aromatic N) is 1. The molecule has 2 nitrogen and oxygen atoms in total. The summed E-state index contributed by atoms with van der Waals surface area (Å²) in [4.78, 5) is 9.69. The Morgan fingerprint density at radius 2 is 2.71 bits per heavy atom. The van der Waals surface area contributed by atoms with Crippen molar-refractivity contribution in [2.45, 2.75) is 0 Å². The van der Waals surface area contributed by atoms with E-state index in [2.05, 4.69) is 4.37 Å². The average molecular weight is 112 g/mol. The second-order valence-corrected chi connectivity index (χ2v) is 1.65. The molecule has 35 valence electrons. The van der Waals surface area contributed by atoms with Gasteiger partial charge in [0.2, 0.25) is 0 Å². The third kappa shape index (κ3) is 0.838. The van der Waals surface area contributed by atoms with E-state index in [1.807, 2.05) is 0 Å². The molecule has 0 unspecified atom stereocenters. The lowest BCUT2D eigenvalue weighted by Crippen LogP contribution is -1.72. The first kappa shape index (κ1) is 4.46. The summed E-state index contributed by atoms with van der Waals surface area (Å²) in [7, 11) is 0. The van der Waals surface area contributed by atoms with E-state index < -0.39 is 0 Å². The molecule has 0 N–H and O–H groups in total. The highest BCUT2D eigenvalue weighted by Gasteiger charge is 1.86. The van der Waals surface area contributed by atoms with Crippen molar-refractivity contribution in [2.75, 3.05) is 0 Å². The SMILES string of the molecule is O=[C]c1ccsn1. The molecule has 1 heterocycles. The fourth-order valence-electron chi connectivity index (χ4n) is 0.265. The van der Waals surface area contributed by atoms with E-state index in [-0.39, 0.29) is 0 Å². The van der Waals surface area contributed by atoms with Crippen molar-refractivity contribution < 1.29 is 4.79 Å². The van der Waals surface area contributed by atoms with Crippen LogP contribution in [-0.2, 0) is 4.79 Å². The molecule has 7 heavy (non-hydrogen) atoms. The standard InChI is InChI=1S/C4H2NOS/c6-3-4-1-2-7-5-4/h1-2H. The third-order valence-electron chi connectivity index (χ3n) is 0.542. The molecule has 1 aromatic heterocycles. The van der Waals surface area contributed by atoms with E-state index in [0.717, 1.165) is 0 Å². The van der Waals surface area contributed by atoms with Crippen LogP contribution >= 0.6 is 11.5 Å². The van der Waals surface area contributed by atoms with Gasteiger partial charge in [-0.25, -0.2) is 0 Å². The van der Waals surface area contributed by atoms with Crippen molar-refractivity contribution in [1.29, 1.82) is 0 Å². The Morgan fingerprint density at radius 1 is 1.86 bits per heavy atom. The number of carbonyl (C=O) groups excluding carboxylic acids is 1. The van der Waals surface area contributed by atoms with Crippen LogP contribution < -0.4 is 0 Å². The van der Waals surface area contributed by atoms with E-state index in [0.29, 0.717) is 5.69 Å². The quantitative estimate of drug-likeness (QED) is 0.532. The van der Waals surface area contributed by atoms with E-state index in [4.69, 9.17) is 0 Å². The van der Waals surface area contributed by atoms with Crippen LogP contribution in [-0.4, -0.2) is 10.7 Å². The maximum Gasteiger partial charge on any atom is 0.254 e. The van der Waals surface area contributed by atoms with Gasteiger partial charge in [0.05, 0.1) is 0 Å². The summed E-state index contributed by atoms with van der Waals surface area (Å²) in [6.07, 6.45) is 1.66. The Balaban J connectivity index is 2.96. The van der Waals surface area contributed by atoms with Crippen LogP contribution in [0.4, 0.5) is 0 Å². The summed E-state index contributed by atoms with van der Waals surface area (Å²) >= 11 is 1.25. The molecule has 0 spiro atoms. The zero-order valence-electron chi connectivity index (χ0n) is 3.42. The maximum absolute atomic E-state index is 9.69. The minimum absolute atomic E-state index is 0.394. The first-order chi connectivity index (χ1) is 3.43. The van der Waals surface area contributed by atoms with Crippen molar-refractivity contribution in [2.24, 2.45) is 0 Å². The van der Waals surface area contributed by atoms with Gasteiger partial charge < -0.3 is 0 Å². The summed E-state index contributed by atoms with van der Waals surface area (Å²) in [5.41, 5.74) is 0.394. The molecule has 1 rings (SSSR count). The lowest BCUT2D eigenvalue weighted by atomic mass is 10.5. The van der Waals surface area contributed by atoms with Gasteiger partial charge in [-0.3, -0.25) is 4.79 Å². The smallest absolute Gasteiger partial charge is 0.254 e. The normalized spacial score (nSPS) is 8.57. The number of aromatic nitrogens is 1. The van der Waals surface area contributed by atoms with Gasteiger partial charge in [0.25, 0.3) is 6.29 Å². The first-order valence-electron chi connectivity index (χ1n) is 1.72. The summed E-state index contributed by atoms with van der Waals surface area (Å²) in [6, 6.07) is 1.62. The largest absolute Gasteiger partial charge is 0.283 e. The number of rotatable bonds is 1. The monoisotopic (exact) mass is 112 g/mol. The van der Waals surface area contributed by atoms with E-state index in [1.54, 1.807) is 17.7 Å². The highest BCUT2D eigenvalue weighted by molar-refractivity contribution is 7.03. The molecule has 1 aromatic rings. The van der Waals surface area contributed by atoms with E-state index in [9.17, 15) is 4.79 Å². The fraction of sp³-hybridized carbons (Fsp3) is 0. The van der Waals surface area contributed by atoms with Gasteiger partial charge in [-0.15, -0.1) is 0 Å². The Kier molecular flexibility index (Phi) is 1.17. The molecule has 0 aromatic carbocycles. The molecular weight excluding hydrogens is 110 g/mol. The summed E-state index contributed by atoms with van der Waals surface area (Å²) in [5.74, 6) is 0. The minimum Gasteiger partial charge on any atom is -0.283 e. The molecule has 0 atom stereocenters. The van der Waals surface area contributed by atoms with Crippen LogP contribution in [0.15, 0.2) is 11.4 Å². The van der Waals surface area contributed by atoms with Gasteiger partial charge in [0.1, 0.15) is 5.69 Å². The zero-order chi connectivity index (χ0) is 5.11. The molecule has 0 saturated carbocycles. The van der Waals surface area contributed by atoms with Crippen LogP contribution in [0, 0.1) is 0 Å². The average Bonchev–Trinajstić information content (AvgIpc) is 2.14. The van der Waals surface area contributed by atoms with Gasteiger partial charge in [-0.05, 0) is 17.6 Å². The lowest BCUT2D eigenvalue weighted by Gasteiger charge is -1.62. The van der Waals surface area contributed by atoms with Gasteiger partial charge >= 0.3 is 0 Å². The Hall–Kier alpha value is -0.700. The van der Waals surface area contributed by atoms with Crippen LogP contribution in [0.25, 0.3) is 0 Å². The van der Waals surface area contributed by atoms with Crippen molar-refractivity contribution in [3.63, 3.8) is 0 Å². The Labute approximate surface area is 45.0 Å². The van der Waals surface area contributed by atoms with Crippen molar-refractivity contribution >= 4 is 17.8 Å². The van der Waals surface area contributed by atoms with Crippen LogP contribution in [0.5, 0.6) is 0 Å². The summed E-state index contributed by atoms with van der Waals surface area (Å²) in [5, 5.41) is 1.74. The first-order valence-corrected chi connectivity index (χ1v) is 2.55.